The van der Waals surface area contributed by atoms with Gasteiger partial charge in [-0.3, -0.25) is 0 Å². The molecule has 5 heteroatoms. The molecule has 3 N–H and O–H groups in total. The number of anilines is 1. The van der Waals surface area contributed by atoms with Gasteiger partial charge in [-0.15, -0.1) is 0 Å². The van der Waals surface area contributed by atoms with Gasteiger partial charge in [0.25, 0.3) is 0 Å². The molecular weight excluding hydrogens is 268 g/mol. The molecule has 0 saturated carbocycles. The van der Waals surface area contributed by atoms with Crippen molar-refractivity contribution in [3.05, 3.63) is 53.3 Å². The van der Waals surface area contributed by atoms with Crippen molar-refractivity contribution < 1.29 is 0 Å². The Labute approximate surface area is 124 Å². The van der Waals surface area contributed by atoms with E-state index in [-0.39, 0.29) is 11.0 Å². The summed E-state index contributed by atoms with van der Waals surface area (Å²) in [7, 11) is 0. The van der Waals surface area contributed by atoms with Crippen LogP contribution in [0.5, 0.6) is 0 Å². The number of hydrogen-bond acceptors (Lipinski definition) is 4. The molecule has 0 bridgehead atoms. The Bertz CT molecular complexity index is 598. The molecule has 0 aliphatic carbocycles. The van der Waals surface area contributed by atoms with E-state index in [9.17, 15) is 0 Å². The van der Waals surface area contributed by atoms with Crippen molar-refractivity contribution in [1.82, 2.24) is 9.97 Å². The molecule has 1 atom stereocenters. The molecule has 0 aliphatic heterocycles. The van der Waals surface area contributed by atoms with Crippen molar-refractivity contribution in [1.29, 1.82) is 0 Å². The zero-order chi connectivity index (χ0) is 14.5. The lowest BCUT2D eigenvalue weighted by atomic mass is 10.1. The standard InChI is InChI=1S/C15H18N4S/c1-10(8-12-6-4-3-5-7-12)17-15-18-11(2)9-13(19-15)14(16)20/h3-7,9-10H,8H2,1-2H3,(H2,16,20)(H,17,18,19). The van der Waals surface area contributed by atoms with Crippen molar-refractivity contribution in [2.45, 2.75) is 26.3 Å². The van der Waals surface area contributed by atoms with Crippen LogP contribution < -0.4 is 11.1 Å². The van der Waals surface area contributed by atoms with Gasteiger partial charge in [0.2, 0.25) is 5.95 Å². The molecule has 20 heavy (non-hydrogen) atoms. The largest absolute Gasteiger partial charge is 0.388 e. The number of aryl methyl sites for hydroxylation is 1. The van der Waals surface area contributed by atoms with Crippen LogP contribution in [0.3, 0.4) is 0 Å². The Morgan fingerprint density at radius 3 is 2.65 bits per heavy atom. The van der Waals surface area contributed by atoms with E-state index in [0.717, 1.165) is 12.1 Å². The van der Waals surface area contributed by atoms with E-state index in [1.807, 2.05) is 25.1 Å². The van der Waals surface area contributed by atoms with E-state index in [1.165, 1.54) is 5.56 Å². The second kappa shape index (κ2) is 6.43. The highest BCUT2D eigenvalue weighted by atomic mass is 32.1. The first-order valence-corrected chi connectivity index (χ1v) is 6.91. The average Bonchev–Trinajstić information content (AvgIpc) is 2.38. The van der Waals surface area contributed by atoms with Crippen molar-refractivity contribution in [2.75, 3.05) is 5.32 Å². The van der Waals surface area contributed by atoms with Crippen LogP contribution >= 0.6 is 12.2 Å². The lowest BCUT2D eigenvalue weighted by Crippen LogP contribution is -2.21. The quantitative estimate of drug-likeness (QED) is 0.827. The predicted molar refractivity (Wildman–Crippen MR) is 85.9 cm³/mol. The third-order valence-corrected chi connectivity index (χ3v) is 3.08. The van der Waals surface area contributed by atoms with Gasteiger partial charge in [0.1, 0.15) is 10.7 Å². The van der Waals surface area contributed by atoms with Crippen LogP contribution in [0.25, 0.3) is 0 Å². The summed E-state index contributed by atoms with van der Waals surface area (Å²) in [6.45, 7) is 4.00. The van der Waals surface area contributed by atoms with Crippen LogP contribution in [0.2, 0.25) is 0 Å². The predicted octanol–water partition coefficient (Wildman–Crippen LogP) is 2.46. The molecule has 1 heterocycles. The van der Waals surface area contributed by atoms with Crippen molar-refractivity contribution in [3.8, 4) is 0 Å². The molecule has 0 aliphatic rings. The van der Waals surface area contributed by atoms with Gasteiger partial charge < -0.3 is 11.1 Å². The van der Waals surface area contributed by atoms with E-state index in [2.05, 4.69) is 34.3 Å². The molecule has 0 radical (unpaired) electrons. The lowest BCUT2D eigenvalue weighted by Gasteiger charge is -2.14. The minimum Gasteiger partial charge on any atom is -0.388 e. The summed E-state index contributed by atoms with van der Waals surface area (Å²) < 4.78 is 0. The van der Waals surface area contributed by atoms with Crippen LogP contribution in [0, 0.1) is 6.92 Å². The van der Waals surface area contributed by atoms with Crippen LogP contribution in [-0.4, -0.2) is 21.0 Å². The molecule has 0 spiro atoms. The molecule has 2 rings (SSSR count). The number of rotatable bonds is 5. The van der Waals surface area contributed by atoms with Crippen molar-refractivity contribution in [3.63, 3.8) is 0 Å². The highest BCUT2D eigenvalue weighted by Gasteiger charge is 2.08. The number of aromatic nitrogens is 2. The maximum absolute atomic E-state index is 5.62. The van der Waals surface area contributed by atoms with Gasteiger partial charge in [0.05, 0.1) is 0 Å². The van der Waals surface area contributed by atoms with E-state index in [1.54, 1.807) is 6.07 Å². The van der Waals surface area contributed by atoms with Crippen LogP contribution in [0.15, 0.2) is 36.4 Å². The molecule has 1 unspecified atom stereocenters. The Hall–Kier alpha value is -2.01. The topological polar surface area (TPSA) is 63.8 Å². The molecule has 0 fully saturated rings. The van der Waals surface area contributed by atoms with E-state index in [4.69, 9.17) is 18.0 Å². The zero-order valence-corrected chi connectivity index (χ0v) is 12.4. The molecular formula is C15H18N4S. The van der Waals surface area contributed by atoms with Crippen LogP contribution in [0.4, 0.5) is 5.95 Å². The molecule has 0 saturated heterocycles. The second-order valence-electron chi connectivity index (χ2n) is 4.82. The van der Waals surface area contributed by atoms with Gasteiger partial charge in [0, 0.05) is 11.7 Å². The van der Waals surface area contributed by atoms with Gasteiger partial charge in [-0.2, -0.15) is 0 Å². The Balaban J connectivity index is 2.07. The maximum atomic E-state index is 5.62. The summed E-state index contributed by atoms with van der Waals surface area (Å²) in [6.07, 6.45) is 0.903. The van der Waals surface area contributed by atoms with Crippen LogP contribution in [-0.2, 0) is 6.42 Å². The van der Waals surface area contributed by atoms with Gasteiger partial charge in [-0.05, 0) is 31.9 Å². The highest BCUT2D eigenvalue weighted by molar-refractivity contribution is 7.80. The SMILES string of the molecule is Cc1cc(C(N)=S)nc(NC(C)Cc2ccccc2)n1. The van der Waals surface area contributed by atoms with Gasteiger partial charge in [-0.25, -0.2) is 9.97 Å². The summed E-state index contributed by atoms with van der Waals surface area (Å²) in [5.41, 5.74) is 8.34. The van der Waals surface area contributed by atoms with Crippen molar-refractivity contribution in [2.24, 2.45) is 5.73 Å². The average molecular weight is 286 g/mol. The summed E-state index contributed by atoms with van der Waals surface area (Å²) in [5.74, 6) is 0.566. The van der Waals surface area contributed by atoms with Crippen LogP contribution in [0.1, 0.15) is 23.9 Å². The number of nitrogens with zero attached hydrogens (tertiary/aromatic N) is 2. The summed E-state index contributed by atoms with van der Waals surface area (Å²) in [6, 6.07) is 12.3. The molecule has 104 valence electrons. The normalized spacial score (nSPS) is 11.9. The lowest BCUT2D eigenvalue weighted by molar-refractivity contribution is 0.775. The first-order valence-electron chi connectivity index (χ1n) is 6.50. The summed E-state index contributed by atoms with van der Waals surface area (Å²) >= 11 is 4.96. The zero-order valence-electron chi connectivity index (χ0n) is 11.6. The maximum Gasteiger partial charge on any atom is 0.223 e. The third-order valence-electron chi connectivity index (χ3n) is 2.87. The Morgan fingerprint density at radius 2 is 2.00 bits per heavy atom. The number of nitrogens with one attached hydrogen (secondary N) is 1. The fraction of sp³-hybridized carbons (Fsp3) is 0.267. The minimum absolute atomic E-state index is 0.221. The fourth-order valence-corrected chi connectivity index (χ4v) is 2.10. The monoisotopic (exact) mass is 286 g/mol. The van der Waals surface area contributed by atoms with Gasteiger partial charge in [0.15, 0.2) is 0 Å². The Kier molecular flexibility index (Phi) is 4.63. The number of benzene rings is 1. The summed E-state index contributed by atoms with van der Waals surface area (Å²) in [5, 5.41) is 3.29. The minimum atomic E-state index is 0.221. The first kappa shape index (κ1) is 14.4. The van der Waals surface area contributed by atoms with E-state index >= 15 is 0 Å². The Morgan fingerprint density at radius 1 is 1.30 bits per heavy atom. The van der Waals surface area contributed by atoms with Crippen molar-refractivity contribution >= 4 is 23.2 Å². The number of thiocarbonyl (C=S) groups is 1. The number of hydrogen-bond donors (Lipinski definition) is 2. The third kappa shape index (κ3) is 3.99. The molecule has 1 aromatic carbocycles. The smallest absolute Gasteiger partial charge is 0.223 e. The number of nitrogens with two attached hydrogens (primary N) is 1. The van der Waals surface area contributed by atoms with E-state index in [0.29, 0.717) is 11.6 Å². The molecule has 0 amide bonds. The highest BCUT2D eigenvalue weighted by Crippen LogP contribution is 2.09. The molecule has 1 aromatic heterocycles. The molecule has 2 aromatic rings. The van der Waals surface area contributed by atoms with E-state index < -0.39 is 0 Å². The second-order valence-corrected chi connectivity index (χ2v) is 5.26. The summed E-state index contributed by atoms with van der Waals surface area (Å²) in [4.78, 5) is 8.97. The van der Waals surface area contributed by atoms with Gasteiger partial charge >= 0.3 is 0 Å². The molecule has 4 nitrogen and oxygen atoms in total. The fourth-order valence-electron chi connectivity index (χ4n) is 2.00. The first-order chi connectivity index (χ1) is 9.54. The van der Waals surface area contributed by atoms with Gasteiger partial charge in [-0.1, -0.05) is 42.5 Å².